The summed E-state index contributed by atoms with van der Waals surface area (Å²) >= 11 is 0. The van der Waals surface area contributed by atoms with Crippen LogP contribution < -0.4 is 0 Å². The van der Waals surface area contributed by atoms with Crippen molar-refractivity contribution >= 4 is 21.5 Å². The molecule has 0 spiro atoms. The molecule has 2 aromatic carbocycles. The predicted molar refractivity (Wildman–Crippen MR) is 108 cm³/mol. The van der Waals surface area contributed by atoms with Gasteiger partial charge in [0.1, 0.15) is 6.04 Å². The minimum atomic E-state index is -4.47. The van der Waals surface area contributed by atoms with Crippen LogP contribution in [0, 0.1) is 20.2 Å². The summed E-state index contributed by atoms with van der Waals surface area (Å²) < 4.78 is 31.0. The Morgan fingerprint density at radius 3 is 2.38 bits per heavy atom. The van der Waals surface area contributed by atoms with Gasteiger partial charge in [0.15, 0.2) is 4.90 Å². The predicted octanol–water partition coefficient (Wildman–Crippen LogP) is 1.62. The summed E-state index contributed by atoms with van der Waals surface area (Å²) in [7, 11) is -4.47. The van der Waals surface area contributed by atoms with Crippen molar-refractivity contribution < 1.29 is 27.6 Å². The molecule has 32 heavy (non-hydrogen) atoms. The molecule has 0 aliphatic carbocycles. The molecule has 3 rings (SSSR count). The molecule has 1 heterocycles. The molecule has 0 amide bonds. The van der Waals surface area contributed by atoms with E-state index >= 15 is 0 Å². The molecule has 1 unspecified atom stereocenters. The molecule has 13 nitrogen and oxygen atoms in total. The maximum absolute atomic E-state index is 12.4. The van der Waals surface area contributed by atoms with Crippen LogP contribution in [0.2, 0.25) is 0 Å². The fourth-order valence-electron chi connectivity index (χ4n) is 2.78. The smallest absolute Gasteiger partial charge is 0.303 e. The van der Waals surface area contributed by atoms with Crippen molar-refractivity contribution in [3.63, 3.8) is 0 Å². The first kappa shape index (κ1) is 22.9. The van der Waals surface area contributed by atoms with E-state index < -0.39 is 49.8 Å². The van der Waals surface area contributed by atoms with Crippen molar-refractivity contribution in [2.24, 2.45) is 0 Å². The fraction of sp³-hybridized carbons (Fsp3) is 0.222. The van der Waals surface area contributed by atoms with Gasteiger partial charge < -0.3 is 5.11 Å². The number of rotatable bonds is 10. The van der Waals surface area contributed by atoms with Gasteiger partial charge >= 0.3 is 10.1 Å². The van der Waals surface area contributed by atoms with Crippen LogP contribution in [0.1, 0.15) is 17.3 Å². The molecule has 3 aromatic rings. The standard InChI is InChI=1S/C18H17N5O8S/c24-11-16(12-31-32(29,30)18-4-2-1-3-17(18)23(27)28)21-10-14(19-20-21)9-13-5-7-15(8-6-13)22(25)26/h1-8,10,16,24H,9,11-12H2. The van der Waals surface area contributed by atoms with Crippen LogP contribution >= 0.6 is 0 Å². The van der Waals surface area contributed by atoms with Gasteiger partial charge in [0.05, 0.1) is 28.8 Å². The van der Waals surface area contributed by atoms with E-state index in [0.717, 1.165) is 17.7 Å². The first-order valence-electron chi connectivity index (χ1n) is 9.09. The molecule has 0 aliphatic heterocycles. The van der Waals surface area contributed by atoms with Gasteiger partial charge in [-0.15, -0.1) is 5.10 Å². The molecule has 0 fully saturated rings. The van der Waals surface area contributed by atoms with E-state index in [1.807, 2.05) is 0 Å². The Hall–Kier alpha value is -3.75. The highest BCUT2D eigenvalue weighted by Crippen LogP contribution is 2.25. The Bertz CT molecular complexity index is 1230. The second-order valence-electron chi connectivity index (χ2n) is 6.59. The van der Waals surface area contributed by atoms with Gasteiger partial charge in [0.25, 0.3) is 11.4 Å². The van der Waals surface area contributed by atoms with E-state index in [1.165, 1.54) is 35.1 Å². The van der Waals surface area contributed by atoms with E-state index in [-0.39, 0.29) is 5.69 Å². The number of benzene rings is 2. The number of aliphatic hydroxyl groups is 1. The molecule has 1 N–H and O–H groups in total. The van der Waals surface area contributed by atoms with Crippen LogP contribution in [-0.2, 0) is 20.7 Å². The zero-order chi connectivity index (χ0) is 23.3. The Morgan fingerprint density at radius 1 is 1.06 bits per heavy atom. The number of aliphatic hydroxyl groups excluding tert-OH is 1. The Morgan fingerprint density at radius 2 is 1.75 bits per heavy atom. The summed E-state index contributed by atoms with van der Waals surface area (Å²) in [6.45, 7) is -1.07. The van der Waals surface area contributed by atoms with Gasteiger partial charge in [0, 0.05) is 30.8 Å². The summed E-state index contributed by atoms with van der Waals surface area (Å²) in [5.74, 6) is 0. The van der Waals surface area contributed by atoms with Crippen LogP contribution in [0.15, 0.2) is 59.6 Å². The third-order valence-corrected chi connectivity index (χ3v) is 5.75. The molecule has 0 radical (unpaired) electrons. The summed E-state index contributed by atoms with van der Waals surface area (Å²) in [4.78, 5) is 19.9. The molecule has 168 valence electrons. The summed E-state index contributed by atoms with van der Waals surface area (Å²) in [6, 6.07) is 9.69. The van der Waals surface area contributed by atoms with Gasteiger partial charge in [-0.1, -0.05) is 29.5 Å². The number of para-hydroxylation sites is 1. The Kier molecular flexibility index (Phi) is 6.87. The second kappa shape index (κ2) is 9.59. The zero-order valence-electron chi connectivity index (χ0n) is 16.3. The van der Waals surface area contributed by atoms with Crippen molar-refractivity contribution in [1.29, 1.82) is 0 Å². The van der Waals surface area contributed by atoms with Gasteiger partial charge in [-0.05, 0) is 11.6 Å². The van der Waals surface area contributed by atoms with E-state index in [0.29, 0.717) is 12.1 Å². The molecule has 0 saturated heterocycles. The Balaban J connectivity index is 1.70. The number of nitrogens with zero attached hydrogens (tertiary/aromatic N) is 5. The monoisotopic (exact) mass is 463 g/mol. The van der Waals surface area contributed by atoms with Crippen LogP contribution in [-0.4, -0.2) is 51.6 Å². The van der Waals surface area contributed by atoms with Crippen LogP contribution in [0.3, 0.4) is 0 Å². The molecule has 0 saturated carbocycles. The van der Waals surface area contributed by atoms with E-state index in [9.17, 15) is 33.8 Å². The van der Waals surface area contributed by atoms with Crippen molar-refractivity contribution in [1.82, 2.24) is 15.0 Å². The summed E-state index contributed by atoms with van der Waals surface area (Å²) in [6.07, 6.45) is 1.77. The van der Waals surface area contributed by atoms with Gasteiger partial charge in [-0.3, -0.25) is 24.4 Å². The Labute approximate surface area is 181 Å². The second-order valence-corrected chi connectivity index (χ2v) is 8.17. The molecular weight excluding hydrogens is 446 g/mol. The average Bonchev–Trinajstić information content (AvgIpc) is 3.22. The molecule has 1 atom stereocenters. The largest absolute Gasteiger partial charge is 0.394 e. The molecule has 0 bridgehead atoms. The van der Waals surface area contributed by atoms with Crippen LogP contribution in [0.25, 0.3) is 0 Å². The van der Waals surface area contributed by atoms with E-state index in [1.54, 1.807) is 12.1 Å². The minimum absolute atomic E-state index is 0.0465. The first-order valence-corrected chi connectivity index (χ1v) is 10.5. The fourth-order valence-corrected chi connectivity index (χ4v) is 3.89. The van der Waals surface area contributed by atoms with Crippen LogP contribution in [0.4, 0.5) is 11.4 Å². The molecular formula is C18H17N5O8S. The SMILES string of the molecule is O=[N+]([O-])c1ccc(Cc2cn(C(CO)COS(=O)(=O)c3ccccc3[N+](=O)[O-])nn2)cc1. The average molecular weight is 463 g/mol. The highest BCUT2D eigenvalue weighted by molar-refractivity contribution is 7.87. The van der Waals surface area contributed by atoms with Crippen molar-refractivity contribution in [2.75, 3.05) is 13.2 Å². The molecule has 0 aliphatic rings. The van der Waals surface area contributed by atoms with Crippen molar-refractivity contribution in [3.05, 3.63) is 86.2 Å². The number of aromatic nitrogens is 3. The molecule has 14 heteroatoms. The number of nitro benzene ring substituents is 2. The van der Waals surface area contributed by atoms with E-state index in [4.69, 9.17) is 4.18 Å². The number of hydrogen-bond acceptors (Lipinski definition) is 10. The third kappa shape index (κ3) is 5.29. The number of nitro groups is 2. The normalized spacial score (nSPS) is 12.4. The van der Waals surface area contributed by atoms with Gasteiger partial charge in [-0.25, -0.2) is 4.68 Å². The zero-order valence-corrected chi connectivity index (χ0v) is 17.2. The summed E-state index contributed by atoms with van der Waals surface area (Å²) in [5.41, 5.74) is 0.534. The van der Waals surface area contributed by atoms with Crippen molar-refractivity contribution in [3.8, 4) is 0 Å². The quantitative estimate of drug-likeness (QED) is 0.263. The van der Waals surface area contributed by atoms with Gasteiger partial charge in [-0.2, -0.15) is 8.42 Å². The topological polar surface area (TPSA) is 181 Å². The maximum atomic E-state index is 12.4. The van der Waals surface area contributed by atoms with Crippen molar-refractivity contribution in [2.45, 2.75) is 17.4 Å². The lowest BCUT2D eigenvalue weighted by molar-refractivity contribution is -0.387. The van der Waals surface area contributed by atoms with Gasteiger partial charge in [0.2, 0.25) is 0 Å². The molecule has 1 aromatic heterocycles. The maximum Gasteiger partial charge on any atom is 0.303 e. The lowest BCUT2D eigenvalue weighted by atomic mass is 10.1. The van der Waals surface area contributed by atoms with Crippen LogP contribution in [0.5, 0.6) is 0 Å². The lowest BCUT2D eigenvalue weighted by Gasteiger charge is -2.14. The lowest BCUT2D eigenvalue weighted by Crippen LogP contribution is -2.22. The number of hydrogen-bond donors (Lipinski definition) is 1. The highest BCUT2D eigenvalue weighted by atomic mass is 32.2. The number of non-ortho nitro benzene ring substituents is 1. The third-order valence-electron chi connectivity index (χ3n) is 4.42. The van der Waals surface area contributed by atoms with E-state index in [2.05, 4.69) is 10.3 Å². The highest BCUT2D eigenvalue weighted by Gasteiger charge is 2.27. The first-order chi connectivity index (χ1) is 15.2. The summed E-state index contributed by atoms with van der Waals surface area (Å²) in [5, 5.41) is 39.3. The minimum Gasteiger partial charge on any atom is -0.394 e.